The summed E-state index contributed by atoms with van der Waals surface area (Å²) in [7, 11) is -6.55. The van der Waals surface area contributed by atoms with Crippen LogP contribution in [0.3, 0.4) is 0 Å². The molecule has 1 heterocycles. The van der Waals surface area contributed by atoms with E-state index in [9.17, 15) is 16.8 Å². The molecular weight excluding hydrogens is 252 g/mol. The van der Waals surface area contributed by atoms with E-state index in [1.807, 2.05) is 0 Å². The molecular formula is C5H5ClN2O4S2. The summed E-state index contributed by atoms with van der Waals surface area (Å²) in [6.45, 7) is 0. The van der Waals surface area contributed by atoms with Gasteiger partial charge < -0.3 is 0 Å². The van der Waals surface area contributed by atoms with E-state index in [1.54, 1.807) is 0 Å². The van der Waals surface area contributed by atoms with Crippen LogP contribution in [-0.4, -0.2) is 21.8 Å². The highest BCUT2D eigenvalue weighted by Crippen LogP contribution is 2.14. The predicted octanol–water partition coefficient (Wildman–Crippen LogP) is -0.406. The quantitative estimate of drug-likeness (QED) is 0.568. The van der Waals surface area contributed by atoms with E-state index in [2.05, 4.69) is 4.98 Å². The highest BCUT2D eigenvalue weighted by molar-refractivity contribution is 7.92. The maximum atomic E-state index is 10.5. The SMILES string of the molecule is O=[SH](=O)N(c1cccc(Cl)n1)[SH](=O)=O. The maximum absolute atomic E-state index is 10.5. The van der Waals surface area contributed by atoms with Crippen LogP contribution in [0.15, 0.2) is 18.2 Å². The van der Waals surface area contributed by atoms with Crippen LogP contribution in [-0.2, 0) is 21.8 Å². The van der Waals surface area contributed by atoms with Crippen LogP contribution < -0.4 is 3.71 Å². The van der Waals surface area contributed by atoms with Crippen LogP contribution in [0.1, 0.15) is 0 Å². The van der Waals surface area contributed by atoms with Crippen LogP contribution in [0.2, 0.25) is 5.15 Å². The molecule has 0 spiro atoms. The van der Waals surface area contributed by atoms with Gasteiger partial charge in [-0.05, 0) is 12.1 Å². The van der Waals surface area contributed by atoms with Gasteiger partial charge >= 0.3 is 0 Å². The fourth-order valence-corrected chi connectivity index (χ4v) is 1.93. The average molecular weight is 257 g/mol. The third-order valence-corrected chi connectivity index (χ3v) is 3.33. The Morgan fingerprint density at radius 1 is 1.14 bits per heavy atom. The van der Waals surface area contributed by atoms with Crippen LogP contribution in [0.25, 0.3) is 0 Å². The van der Waals surface area contributed by atoms with Gasteiger partial charge in [-0.3, -0.25) is 0 Å². The Hall–Kier alpha value is -0.860. The molecule has 9 heteroatoms. The van der Waals surface area contributed by atoms with E-state index in [-0.39, 0.29) is 14.7 Å². The Balaban J connectivity index is 3.25. The summed E-state index contributed by atoms with van der Waals surface area (Å²) in [4.78, 5) is 3.54. The number of pyridine rings is 1. The van der Waals surface area contributed by atoms with Gasteiger partial charge in [0.25, 0.3) is 0 Å². The molecule has 0 aliphatic rings. The van der Waals surface area contributed by atoms with Crippen molar-refractivity contribution in [3.63, 3.8) is 0 Å². The Labute approximate surface area is 88.3 Å². The summed E-state index contributed by atoms with van der Waals surface area (Å²) < 4.78 is 42.3. The number of hydrogen-bond acceptors (Lipinski definition) is 5. The minimum absolute atomic E-state index is 0.0150. The fraction of sp³-hybridized carbons (Fsp3) is 0. The van der Waals surface area contributed by atoms with Crippen molar-refractivity contribution >= 4 is 39.2 Å². The summed E-state index contributed by atoms with van der Waals surface area (Å²) >= 11 is 5.47. The number of thiol groups is 2. The lowest BCUT2D eigenvalue weighted by Crippen LogP contribution is -2.19. The van der Waals surface area contributed by atoms with Gasteiger partial charge in [0.2, 0.25) is 21.8 Å². The van der Waals surface area contributed by atoms with Gasteiger partial charge in [0.05, 0.1) is 0 Å². The first kappa shape index (κ1) is 11.2. The molecule has 1 aromatic rings. The summed E-state index contributed by atoms with van der Waals surface area (Å²) in [6, 6.07) is 4.02. The molecule has 1 aromatic heterocycles. The summed E-state index contributed by atoms with van der Waals surface area (Å²) in [5.74, 6) is -0.246. The minimum Gasteiger partial charge on any atom is -0.217 e. The molecule has 6 nitrogen and oxygen atoms in total. The van der Waals surface area contributed by atoms with Crippen molar-refractivity contribution in [3.05, 3.63) is 23.4 Å². The number of nitrogens with zero attached hydrogens (tertiary/aromatic N) is 2. The molecule has 14 heavy (non-hydrogen) atoms. The zero-order valence-electron chi connectivity index (χ0n) is 6.53. The molecule has 1 rings (SSSR count). The largest absolute Gasteiger partial charge is 0.239 e. The molecule has 0 saturated carbocycles. The molecule has 0 N–H and O–H groups in total. The van der Waals surface area contributed by atoms with E-state index in [1.165, 1.54) is 18.2 Å². The third kappa shape index (κ3) is 2.56. The molecule has 78 valence electrons. The fourth-order valence-electron chi connectivity index (χ4n) is 0.736. The van der Waals surface area contributed by atoms with E-state index in [0.29, 0.717) is 0 Å². The number of anilines is 1. The Bertz CT molecular complexity index is 446. The van der Waals surface area contributed by atoms with E-state index in [0.717, 1.165) is 0 Å². The molecule has 0 aliphatic heterocycles. The maximum Gasteiger partial charge on any atom is 0.239 e. The summed E-state index contributed by atoms with van der Waals surface area (Å²) in [6.07, 6.45) is 0. The zero-order valence-corrected chi connectivity index (χ0v) is 9.08. The first-order valence-corrected chi connectivity index (χ1v) is 5.87. The van der Waals surface area contributed by atoms with Gasteiger partial charge in [-0.15, -0.1) is 0 Å². The van der Waals surface area contributed by atoms with Gasteiger partial charge in [-0.1, -0.05) is 17.7 Å². The number of aromatic nitrogens is 1. The average Bonchev–Trinajstić information content (AvgIpc) is 2.02. The van der Waals surface area contributed by atoms with Crippen molar-refractivity contribution in [2.24, 2.45) is 0 Å². The Morgan fingerprint density at radius 3 is 2.14 bits per heavy atom. The predicted molar refractivity (Wildman–Crippen MR) is 52.4 cm³/mol. The molecule has 0 unspecified atom stereocenters. The first-order valence-electron chi connectivity index (χ1n) is 3.23. The molecule has 0 fully saturated rings. The standard InChI is InChI=1S/C5H5ClN2O4S2/c6-4-2-1-3-5(7-4)8(13(9)10)14(11)12/h1-3,13-14H. The van der Waals surface area contributed by atoms with Gasteiger partial charge in [-0.25, -0.2) is 21.8 Å². The van der Waals surface area contributed by atoms with Gasteiger partial charge in [-0.2, -0.15) is 3.71 Å². The lowest BCUT2D eigenvalue weighted by Gasteiger charge is -2.07. The van der Waals surface area contributed by atoms with Crippen LogP contribution in [0, 0.1) is 0 Å². The van der Waals surface area contributed by atoms with Crippen molar-refractivity contribution in [2.45, 2.75) is 0 Å². The monoisotopic (exact) mass is 256 g/mol. The van der Waals surface area contributed by atoms with Crippen molar-refractivity contribution in [1.82, 2.24) is 4.98 Å². The second kappa shape index (κ2) is 4.58. The van der Waals surface area contributed by atoms with Crippen molar-refractivity contribution in [1.29, 1.82) is 0 Å². The normalized spacial score (nSPS) is 10.8. The second-order valence-corrected chi connectivity index (χ2v) is 4.54. The molecule has 0 radical (unpaired) electrons. The number of rotatable bonds is 3. The molecule has 0 atom stereocenters. The molecule has 0 amide bonds. The highest BCUT2D eigenvalue weighted by Gasteiger charge is 2.12. The van der Waals surface area contributed by atoms with E-state index in [4.69, 9.17) is 11.6 Å². The van der Waals surface area contributed by atoms with Crippen molar-refractivity contribution < 1.29 is 16.8 Å². The summed E-state index contributed by atoms with van der Waals surface area (Å²) in [5.41, 5.74) is 0. The molecule has 0 aliphatic carbocycles. The van der Waals surface area contributed by atoms with Crippen LogP contribution >= 0.6 is 11.6 Å². The molecule has 0 aromatic carbocycles. The van der Waals surface area contributed by atoms with E-state index >= 15 is 0 Å². The van der Waals surface area contributed by atoms with E-state index < -0.39 is 21.8 Å². The highest BCUT2D eigenvalue weighted by atomic mass is 35.5. The minimum atomic E-state index is -3.28. The third-order valence-electron chi connectivity index (χ3n) is 1.21. The van der Waals surface area contributed by atoms with Gasteiger partial charge in [0.1, 0.15) is 5.15 Å². The lowest BCUT2D eigenvalue weighted by molar-refractivity contribution is 0.604. The topological polar surface area (TPSA) is 84.4 Å². The Morgan fingerprint density at radius 2 is 1.71 bits per heavy atom. The van der Waals surface area contributed by atoms with Gasteiger partial charge in [0, 0.05) is 0 Å². The Kier molecular flexibility index (Phi) is 3.67. The van der Waals surface area contributed by atoms with Crippen LogP contribution in [0.4, 0.5) is 5.82 Å². The molecule has 0 saturated heterocycles. The number of hydrogen-bond donors (Lipinski definition) is 2. The lowest BCUT2D eigenvalue weighted by atomic mass is 10.5. The number of halogens is 1. The first-order chi connectivity index (χ1) is 6.52. The van der Waals surface area contributed by atoms with Crippen LogP contribution in [0.5, 0.6) is 0 Å². The van der Waals surface area contributed by atoms with Crippen molar-refractivity contribution in [2.75, 3.05) is 3.71 Å². The van der Waals surface area contributed by atoms with Gasteiger partial charge in [0.15, 0.2) is 5.82 Å². The zero-order chi connectivity index (χ0) is 10.7. The smallest absolute Gasteiger partial charge is 0.217 e. The second-order valence-electron chi connectivity index (χ2n) is 2.08. The van der Waals surface area contributed by atoms with Crippen molar-refractivity contribution in [3.8, 4) is 0 Å². The molecule has 0 bridgehead atoms. The summed E-state index contributed by atoms with van der Waals surface area (Å²) in [5, 5.41) is 0.0150.